The van der Waals surface area contributed by atoms with E-state index in [-0.39, 0.29) is 0 Å². The Morgan fingerprint density at radius 2 is 0.947 bits per heavy atom. The standard InChI is InChI=1S/C18H37N/c1-3-5-6-7-8-9-10-11-12-13-14-15-16-17-18-19-4-2/h4H,3,5-18H2,1-2H3. The molecule has 0 unspecified atom stereocenters. The second-order valence-electron chi connectivity index (χ2n) is 5.76. The summed E-state index contributed by atoms with van der Waals surface area (Å²) in [5.41, 5.74) is 0. The molecule has 0 aliphatic heterocycles. The molecule has 114 valence electrons. The van der Waals surface area contributed by atoms with Crippen LogP contribution in [0.15, 0.2) is 4.99 Å². The molecule has 0 bridgehead atoms. The van der Waals surface area contributed by atoms with Gasteiger partial charge in [0.05, 0.1) is 0 Å². The topological polar surface area (TPSA) is 12.4 Å². The fourth-order valence-electron chi connectivity index (χ4n) is 2.53. The molecule has 0 radical (unpaired) electrons. The van der Waals surface area contributed by atoms with E-state index in [0.717, 1.165) is 6.54 Å². The van der Waals surface area contributed by atoms with Gasteiger partial charge in [0.15, 0.2) is 0 Å². The van der Waals surface area contributed by atoms with Crippen LogP contribution in [0.1, 0.15) is 104 Å². The van der Waals surface area contributed by atoms with Crippen LogP contribution in [0.5, 0.6) is 0 Å². The first-order valence-electron chi connectivity index (χ1n) is 8.86. The number of rotatable bonds is 15. The number of nitrogens with zero attached hydrogens (tertiary/aromatic N) is 1. The third-order valence-electron chi connectivity index (χ3n) is 3.82. The molecule has 0 N–H and O–H groups in total. The average molecular weight is 268 g/mol. The lowest BCUT2D eigenvalue weighted by atomic mass is 10.0. The lowest BCUT2D eigenvalue weighted by Gasteiger charge is -2.02. The lowest BCUT2D eigenvalue weighted by molar-refractivity contribution is 0.536. The molecule has 0 saturated carbocycles. The van der Waals surface area contributed by atoms with Crippen molar-refractivity contribution in [2.45, 2.75) is 104 Å². The van der Waals surface area contributed by atoms with Gasteiger partial charge in [-0.05, 0) is 19.6 Å². The van der Waals surface area contributed by atoms with E-state index in [1.807, 2.05) is 13.1 Å². The van der Waals surface area contributed by atoms with E-state index < -0.39 is 0 Å². The van der Waals surface area contributed by atoms with E-state index >= 15 is 0 Å². The van der Waals surface area contributed by atoms with Crippen LogP contribution >= 0.6 is 0 Å². The van der Waals surface area contributed by atoms with Crippen molar-refractivity contribution >= 4 is 6.21 Å². The van der Waals surface area contributed by atoms with Crippen LogP contribution in [0.3, 0.4) is 0 Å². The molecular formula is C18H37N. The average Bonchev–Trinajstić information content (AvgIpc) is 2.43. The maximum absolute atomic E-state index is 4.24. The monoisotopic (exact) mass is 267 g/mol. The smallest absolute Gasteiger partial charge is 0.0385 e. The second-order valence-corrected chi connectivity index (χ2v) is 5.76. The summed E-state index contributed by atoms with van der Waals surface area (Å²) in [7, 11) is 0. The van der Waals surface area contributed by atoms with E-state index in [9.17, 15) is 0 Å². The van der Waals surface area contributed by atoms with Crippen molar-refractivity contribution in [3.63, 3.8) is 0 Å². The zero-order valence-corrected chi connectivity index (χ0v) is 13.6. The predicted molar refractivity (Wildman–Crippen MR) is 89.3 cm³/mol. The van der Waals surface area contributed by atoms with Gasteiger partial charge in [0.1, 0.15) is 0 Å². The summed E-state index contributed by atoms with van der Waals surface area (Å²) in [6.07, 6.45) is 21.9. The van der Waals surface area contributed by atoms with E-state index in [1.165, 1.54) is 89.9 Å². The molecule has 0 heterocycles. The summed E-state index contributed by atoms with van der Waals surface area (Å²) >= 11 is 0. The summed E-state index contributed by atoms with van der Waals surface area (Å²) in [6, 6.07) is 0. The number of hydrogen-bond donors (Lipinski definition) is 0. The minimum atomic E-state index is 1.04. The van der Waals surface area contributed by atoms with Gasteiger partial charge in [0.25, 0.3) is 0 Å². The third kappa shape index (κ3) is 17.7. The maximum Gasteiger partial charge on any atom is 0.0385 e. The van der Waals surface area contributed by atoms with E-state index in [4.69, 9.17) is 0 Å². The Morgan fingerprint density at radius 3 is 1.32 bits per heavy atom. The Kier molecular flexibility index (Phi) is 17.4. The lowest BCUT2D eigenvalue weighted by Crippen LogP contribution is -1.84. The van der Waals surface area contributed by atoms with Crippen molar-refractivity contribution in [1.29, 1.82) is 0 Å². The van der Waals surface area contributed by atoms with Crippen LogP contribution in [-0.2, 0) is 0 Å². The first kappa shape index (κ1) is 18.7. The molecule has 0 amide bonds. The first-order chi connectivity index (χ1) is 9.41. The van der Waals surface area contributed by atoms with Crippen molar-refractivity contribution < 1.29 is 0 Å². The zero-order chi connectivity index (χ0) is 14.0. The fourth-order valence-corrected chi connectivity index (χ4v) is 2.53. The van der Waals surface area contributed by atoms with Crippen LogP contribution in [-0.4, -0.2) is 12.8 Å². The Balaban J connectivity index is 2.91. The summed E-state index contributed by atoms with van der Waals surface area (Å²) in [5, 5.41) is 0. The van der Waals surface area contributed by atoms with Gasteiger partial charge in [-0.3, -0.25) is 4.99 Å². The molecule has 19 heavy (non-hydrogen) atoms. The highest BCUT2D eigenvalue weighted by molar-refractivity contribution is 5.53. The fraction of sp³-hybridized carbons (Fsp3) is 0.944. The van der Waals surface area contributed by atoms with Crippen molar-refractivity contribution in [2.75, 3.05) is 6.54 Å². The normalized spacial score (nSPS) is 11.5. The highest BCUT2D eigenvalue weighted by Crippen LogP contribution is 2.12. The van der Waals surface area contributed by atoms with Gasteiger partial charge >= 0.3 is 0 Å². The summed E-state index contributed by atoms with van der Waals surface area (Å²) in [6.45, 7) is 5.33. The Bertz CT molecular complexity index is 175. The third-order valence-corrected chi connectivity index (χ3v) is 3.82. The second kappa shape index (κ2) is 17.7. The number of aliphatic imine (C=N–C) groups is 1. The van der Waals surface area contributed by atoms with Crippen LogP contribution < -0.4 is 0 Å². The van der Waals surface area contributed by atoms with E-state index in [2.05, 4.69) is 11.9 Å². The highest BCUT2D eigenvalue weighted by atomic mass is 14.7. The molecule has 0 spiro atoms. The predicted octanol–water partition coefficient (Wildman–Crippen LogP) is 6.56. The SMILES string of the molecule is CC=NCCCCCCCCCCCCCCCC. The molecule has 1 heteroatoms. The molecule has 0 rings (SSSR count). The number of hydrogen-bond acceptors (Lipinski definition) is 1. The molecule has 0 saturated heterocycles. The van der Waals surface area contributed by atoms with Crippen molar-refractivity contribution in [3.05, 3.63) is 0 Å². The molecule has 0 aromatic rings. The van der Waals surface area contributed by atoms with Crippen LogP contribution in [0.4, 0.5) is 0 Å². The molecule has 0 atom stereocenters. The molecule has 0 aliphatic carbocycles. The van der Waals surface area contributed by atoms with Crippen LogP contribution in [0.25, 0.3) is 0 Å². The summed E-state index contributed by atoms with van der Waals surface area (Å²) < 4.78 is 0. The maximum atomic E-state index is 4.24. The summed E-state index contributed by atoms with van der Waals surface area (Å²) in [5.74, 6) is 0. The first-order valence-corrected chi connectivity index (χ1v) is 8.86. The molecule has 0 aliphatic rings. The van der Waals surface area contributed by atoms with Gasteiger partial charge < -0.3 is 0 Å². The zero-order valence-electron chi connectivity index (χ0n) is 13.6. The molecule has 0 aromatic heterocycles. The van der Waals surface area contributed by atoms with Gasteiger partial charge in [-0.1, -0.05) is 90.4 Å². The van der Waals surface area contributed by atoms with E-state index in [0.29, 0.717) is 0 Å². The van der Waals surface area contributed by atoms with Gasteiger partial charge in [0, 0.05) is 6.54 Å². The van der Waals surface area contributed by atoms with Gasteiger partial charge in [-0.2, -0.15) is 0 Å². The Hall–Kier alpha value is -0.330. The minimum absolute atomic E-state index is 1.04. The molecule has 1 nitrogen and oxygen atoms in total. The minimum Gasteiger partial charge on any atom is -0.298 e. The Morgan fingerprint density at radius 1 is 0.579 bits per heavy atom. The number of unbranched alkanes of at least 4 members (excludes halogenated alkanes) is 13. The van der Waals surface area contributed by atoms with Gasteiger partial charge in [0.2, 0.25) is 0 Å². The van der Waals surface area contributed by atoms with Crippen molar-refractivity contribution in [1.82, 2.24) is 0 Å². The van der Waals surface area contributed by atoms with Crippen molar-refractivity contribution in [2.24, 2.45) is 4.99 Å². The summed E-state index contributed by atoms with van der Waals surface area (Å²) in [4.78, 5) is 4.24. The van der Waals surface area contributed by atoms with Crippen LogP contribution in [0, 0.1) is 0 Å². The van der Waals surface area contributed by atoms with Crippen LogP contribution in [0.2, 0.25) is 0 Å². The molecule has 0 aromatic carbocycles. The molecular weight excluding hydrogens is 230 g/mol. The van der Waals surface area contributed by atoms with E-state index in [1.54, 1.807) is 0 Å². The largest absolute Gasteiger partial charge is 0.298 e. The Labute approximate surface area is 122 Å². The van der Waals surface area contributed by atoms with Crippen molar-refractivity contribution in [3.8, 4) is 0 Å². The highest BCUT2D eigenvalue weighted by Gasteiger charge is 1.93. The molecule has 0 fully saturated rings. The quantitative estimate of drug-likeness (QED) is 0.235. The van der Waals surface area contributed by atoms with Gasteiger partial charge in [-0.25, -0.2) is 0 Å². The van der Waals surface area contributed by atoms with Gasteiger partial charge in [-0.15, -0.1) is 0 Å².